The fourth-order valence-electron chi connectivity index (χ4n) is 1.54. The van der Waals surface area contributed by atoms with Crippen LogP contribution in [0, 0.1) is 11.3 Å². The molecule has 2 N–H and O–H groups in total. The van der Waals surface area contributed by atoms with Crippen LogP contribution in [-0.4, -0.2) is 17.8 Å². The monoisotopic (exact) mass is 267 g/mol. The number of hydrogen-bond donors (Lipinski definition) is 1. The summed E-state index contributed by atoms with van der Waals surface area (Å²) in [5.74, 6) is 0.0217. The van der Waals surface area contributed by atoms with Gasteiger partial charge in [-0.1, -0.05) is 0 Å². The van der Waals surface area contributed by atoms with Gasteiger partial charge in [-0.2, -0.15) is 18.4 Å². The Balaban J connectivity index is 2.39. The Morgan fingerprint density at radius 2 is 2.11 bits per heavy atom. The Morgan fingerprint density at radius 3 is 2.74 bits per heavy atom. The zero-order valence-corrected chi connectivity index (χ0v) is 9.53. The number of rotatable bonds is 2. The van der Waals surface area contributed by atoms with Gasteiger partial charge in [0.1, 0.15) is 11.8 Å². The molecule has 7 heteroatoms. The normalized spacial score (nSPS) is 11.3. The fourth-order valence-corrected chi connectivity index (χ4v) is 1.54. The van der Waals surface area contributed by atoms with Gasteiger partial charge in [0.05, 0.1) is 16.8 Å². The average Bonchev–Trinajstić information content (AvgIpc) is 2.36. The minimum atomic E-state index is -4.41. The van der Waals surface area contributed by atoms with Gasteiger partial charge in [0.2, 0.25) is 0 Å². The molecule has 4 nitrogen and oxygen atoms in total. The second kappa shape index (κ2) is 4.65. The summed E-state index contributed by atoms with van der Waals surface area (Å²) < 4.78 is 40.8. The van der Waals surface area contributed by atoms with Crippen molar-refractivity contribution in [3.63, 3.8) is 0 Å². The average molecular weight is 267 g/mol. The number of benzene rings is 1. The van der Waals surface area contributed by atoms with Gasteiger partial charge in [0.25, 0.3) is 0 Å². The van der Waals surface area contributed by atoms with Gasteiger partial charge in [-0.15, -0.1) is 0 Å². The number of halogens is 3. The molecule has 1 heterocycles. The smallest absolute Gasteiger partial charge is 0.422 e. The van der Waals surface area contributed by atoms with Crippen molar-refractivity contribution in [3.8, 4) is 11.8 Å². The number of ether oxygens (including phenoxy) is 1. The van der Waals surface area contributed by atoms with E-state index in [4.69, 9.17) is 11.0 Å². The van der Waals surface area contributed by atoms with Crippen molar-refractivity contribution in [2.75, 3.05) is 12.3 Å². The summed E-state index contributed by atoms with van der Waals surface area (Å²) in [6.45, 7) is -1.39. The highest BCUT2D eigenvalue weighted by atomic mass is 19.4. The van der Waals surface area contributed by atoms with E-state index in [-0.39, 0.29) is 17.0 Å². The van der Waals surface area contributed by atoms with Crippen molar-refractivity contribution in [1.29, 1.82) is 5.26 Å². The van der Waals surface area contributed by atoms with Crippen LogP contribution in [0.2, 0.25) is 0 Å². The Bertz CT molecular complexity index is 662. The van der Waals surface area contributed by atoms with Crippen molar-refractivity contribution in [1.82, 2.24) is 4.98 Å². The highest BCUT2D eigenvalue weighted by molar-refractivity contribution is 5.93. The first-order valence-electron chi connectivity index (χ1n) is 5.18. The Morgan fingerprint density at radius 1 is 1.37 bits per heavy atom. The summed E-state index contributed by atoms with van der Waals surface area (Å²) in [6.07, 6.45) is -3.10. The lowest BCUT2D eigenvalue weighted by Gasteiger charge is -2.10. The summed E-state index contributed by atoms with van der Waals surface area (Å²) in [4.78, 5) is 3.98. The minimum absolute atomic E-state index is 0.0217. The summed E-state index contributed by atoms with van der Waals surface area (Å²) >= 11 is 0. The highest BCUT2D eigenvalue weighted by Gasteiger charge is 2.28. The molecule has 0 unspecified atom stereocenters. The second-order valence-corrected chi connectivity index (χ2v) is 3.78. The Kier molecular flexibility index (Phi) is 3.17. The van der Waals surface area contributed by atoms with Crippen LogP contribution in [0.15, 0.2) is 24.4 Å². The van der Waals surface area contributed by atoms with Crippen LogP contribution in [0.4, 0.5) is 18.9 Å². The van der Waals surface area contributed by atoms with Gasteiger partial charge in [-0.25, -0.2) is 0 Å². The molecule has 2 rings (SSSR count). The van der Waals surface area contributed by atoms with Gasteiger partial charge < -0.3 is 10.5 Å². The lowest BCUT2D eigenvalue weighted by Crippen LogP contribution is -2.19. The van der Waals surface area contributed by atoms with Gasteiger partial charge in [-0.05, 0) is 18.2 Å². The number of nitrogens with two attached hydrogens (primary N) is 1. The molecular weight excluding hydrogens is 259 g/mol. The van der Waals surface area contributed by atoms with Gasteiger partial charge in [0, 0.05) is 11.6 Å². The van der Waals surface area contributed by atoms with Crippen molar-refractivity contribution in [2.45, 2.75) is 6.18 Å². The zero-order valence-electron chi connectivity index (χ0n) is 9.53. The predicted molar refractivity (Wildman–Crippen MR) is 62.4 cm³/mol. The van der Waals surface area contributed by atoms with Crippen LogP contribution < -0.4 is 10.5 Å². The van der Waals surface area contributed by atoms with E-state index in [0.29, 0.717) is 10.9 Å². The summed E-state index contributed by atoms with van der Waals surface area (Å²) in [7, 11) is 0. The van der Waals surface area contributed by atoms with Crippen LogP contribution in [0.1, 0.15) is 5.56 Å². The number of hydrogen-bond acceptors (Lipinski definition) is 4. The first-order chi connectivity index (χ1) is 8.90. The number of nitriles is 1. The number of nitrogens with zero attached hydrogens (tertiary/aromatic N) is 2. The molecule has 0 radical (unpaired) electrons. The van der Waals surface area contributed by atoms with E-state index in [0.717, 1.165) is 0 Å². The zero-order chi connectivity index (χ0) is 14.0. The largest absolute Gasteiger partial charge is 0.484 e. The lowest BCUT2D eigenvalue weighted by atomic mass is 10.1. The van der Waals surface area contributed by atoms with Crippen molar-refractivity contribution < 1.29 is 17.9 Å². The van der Waals surface area contributed by atoms with E-state index in [2.05, 4.69) is 9.72 Å². The molecule has 2 aromatic rings. The van der Waals surface area contributed by atoms with Crippen LogP contribution in [0.3, 0.4) is 0 Å². The van der Waals surface area contributed by atoms with Crippen molar-refractivity contribution >= 4 is 16.6 Å². The van der Waals surface area contributed by atoms with Crippen LogP contribution in [-0.2, 0) is 0 Å². The third kappa shape index (κ3) is 2.85. The minimum Gasteiger partial charge on any atom is -0.484 e. The van der Waals surface area contributed by atoms with Crippen LogP contribution in [0.25, 0.3) is 10.9 Å². The molecule has 1 aromatic carbocycles. The maximum Gasteiger partial charge on any atom is 0.422 e. The SMILES string of the molecule is N#Cc1cnc2ccc(OCC(F)(F)F)cc2c1N. The molecule has 0 bridgehead atoms. The molecule has 0 saturated heterocycles. The molecule has 1 aromatic heterocycles. The number of fused-ring (bicyclic) bond motifs is 1. The van der Waals surface area contributed by atoms with Crippen molar-refractivity contribution in [2.24, 2.45) is 0 Å². The third-order valence-corrected chi connectivity index (χ3v) is 2.40. The molecule has 0 aliphatic rings. The maximum absolute atomic E-state index is 12.0. The molecule has 98 valence electrons. The maximum atomic E-state index is 12.0. The van der Waals surface area contributed by atoms with Gasteiger partial charge >= 0.3 is 6.18 Å². The Hall–Kier alpha value is -2.49. The summed E-state index contributed by atoms with van der Waals surface area (Å²) in [5.41, 5.74) is 6.56. The lowest BCUT2D eigenvalue weighted by molar-refractivity contribution is -0.153. The first kappa shape index (κ1) is 13.0. The van der Waals surface area contributed by atoms with E-state index in [1.165, 1.54) is 24.4 Å². The van der Waals surface area contributed by atoms with E-state index < -0.39 is 12.8 Å². The first-order valence-corrected chi connectivity index (χ1v) is 5.18. The molecule has 0 atom stereocenters. The standard InChI is InChI=1S/C12H8F3N3O/c13-12(14,15)6-19-8-1-2-10-9(3-8)11(17)7(4-16)5-18-10/h1-3,5H,6H2,(H2,17,18). The van der Waals surface area contributed by atoms with E-state index in [1.54, 1.807) is 0 Å². The number of pyridine rings is 1. The van der Waals surface area contributed by atoms with Crippen LogP contribution >= 0.6 is 0 Å². The third-order valence-electron chi connectivity index (χ3n) is 2.40. The molecule has 0 spiro atoms. The summed E-state index contributed by atoms with van der Waals surface area (Å²) in [5, 5.41) is 9.19. The molecular formula is C12H8F3N3O. The van der Waals surface area contributed by atoms with Crippen LogP contribution in [0.5, 0.6) is 5.75 Å². The van der Waals surface area contributed by atoms with E-state index >= 15 is 0 Å². The molecule has 0 aliphatic heterocycles. The molecule has 0 fully saturated rings. The molecule has 0 amide bonds. The quantitative estimate of drug-likeness (QED) is 0.907. The topological polar surface area (TPSA) is 71.9 Å². The molecule has 0 saturated carbocycles. The van der Waals surface area contributed by atoms with Crippen molar-refractivity contribution in [3.05, 3.63) is 30.0 Å². The van der Waals surface area contributed by atoms with Gasteiger partial charge in [-0.3, -0.25) is 4.98 Å². The number of aromatic nitrogens is 1. The molecule has 0 aliphatic carbocycles. The highest BCUT2D eigenvalue weighted by Crippen LogP contribution is 2.27. The van der Waals surface area contributed by atoms with Gasteiger partial charge in [0.15, 0.2) is 6.61 Å². The number of anilines is 1. The van der Waals surface area contributed by atoms with E-state index in [9.17, 15) is 13.2 Å². The number of alkyl halides is 3. The Labute approximate surface area is 106 Å². The van der Waals surface area contributed by atoms with E-state index in [1.807, 2.05) is 6.07 Å². The molecule has 19 heavy (non-hydrogen) atoms. The fraction of sp³-hybridized carbons (Fsp3) is 0.167. The second-order valence-electron chi connectivity index (χ2n) is 3.78. The number of nitrogen functional groups attached to an aromatic ring is 1. The summed E-state index contributed by atoms with van der Waals surface area (Å²) in [6, 6.07) is 6.04. The predicted octanol–water partition coefficient (Wildman–Crippen LogP) is 2.63.